The highest BCUT2D eigenvalue weighted by atomic mass is 16.4. The summed E-state index contributed by atoms with van der Waals surface area (Å²) in [6.45, 7) is 4.06. The number of rotatable bonds is 3. The van der Waals surface area contributed by atoms with Gasteiger partial charge in [-0.15, -0.1) is 0 Å². The minimum atomic E-state index is -0.731. The Labute approximate surface area is 142 Å². The second-order valence-electron chi connectivity index (χ2n) is 6.91. The summed E-state index contributed by atoms with van der Waals surface area (Å²) in [4.78, 5) is 30.2. The fourth-order valence-electron chi connectivity index (χ4n) is 3.72. The van der Waals surface area contributed by atoms with Crippen LogP contribution in [0.5, 0.6) is 0 Å². The van der Waals surface area contributed by atoms with Crippen molar-refractivity contribution in [1.82, 2.24) is 14.7 Å². The Morgan fingerprint density at radius 1 is 1.08 bits per heavy atom. The van der Waals surface area contributed by atoms with Gasteiger partial charge in [0.05, 0.1) is 12.3 Å². The van der Waals surface area contributed by atoms with Gasteiger partial charge in [0.2, 0.25) is 5.91 Å². The molecule has 2 atom stereocenters. The molecule has 1 aromatic rings. The van der Waals surface area contributed by atoms with E-state index in [2.05, 4.69) is 9.80 Å². The van der Waals surface area contributed by atoms with Gasteiger partial charge in [-0.1, -0.05) is 30.3 Å². The molecule has 3 rings (SSSR count). The molecule has 1 aromatic carbocycles. The van der Waals surface area contributed by atoms with Gasteiger partial charge in [-0.3, -0.25) is 14.5 Å². The monoisotopic (exact) mass is 331 g/mol. The zero-order valence-corrected chi connectivity index (χ0v) is 14.1. The van der Waals surface area contributed by atoms with E-state index in [1.54, 1.807) is 0 Å². The molecule has 0 aliphatic carbocycles. The van der Waals surface area contributed by atoms with Crippen LogP contribution in [0.3, 0.4) is 0 Å². The molecular weight excluding hydrogens is 306 g/mol. The molecule has 1 N–H and O–H groups in total. The van der Waals surface area contributed by atoms with Crippen molar-refractivity contribution in [2.75, 3.05) is 46.3 Å². The lowest BCUT2D eigenvalue weighted by molar-refractivity contribution is -0.143. The average Bonchev–Trinajstić information content (AvgIpc) is 2.73. The number of benzene rings is 1. The summed E-state index contributed by atoms with van der Waals surface area (Å²) in [5.74, 6) is -0.931. The van der Waals surface area contributed by atoms with E-state index in [-0.39, 0.29) is 17.9 Å². The molecule has 6 heteroatoms. The smallest absolute Gasteiger partial charge is 0.309 e. The van der Waals surface area contributed by atoms with Crippen LogP contribution in [0.4, 0.5) is 0 Å². The number of aliphatic carboxylic acids is 1. The van der Waals surface area contributed by atoms with Crippen LogP contribution >= 0.6 is 0 Å². The first-order chi connectivity index (χ1) is 11.5. The highest BCUT2D eigenvalue weighted by Gasteiger charge is 2.36. The SMILES string of the molecule is CN1C[C@H](C(=O)O)CN2CCN(C(=O)Cc3ccccc3)C[C@H]2C1. The van der Waals surface area contributed by atoms with Crippen molar-refractivity contribution < 1.29 is 14.7 Å². The molecule has 0 radical (unpaired) electrons. The number of carboxylic acids is 1. The van der Waals surface area contributed by atoms with Crippen molar-refractivity contribution in [2.24, 2.45) is 5.92 Å². The Morgan fingerprint density at radius 2 is 1.83 bits per heavy atom. The Kier molecular flexibility index (Phi) is 5.16. The molecule has 0 bridgehead atoms. The van der Waals surface area contributed by atoms with Gasteiger partial charge >= 0.3 is 5.97 Å². The summed E-state index contributed by atoms with van der Waals surface area (Å²) in [5.41, 5.74) is 1.04. The first-order valence-electron chi connectivity index (χ1n) is 8.50. The van der Waals surface area contributed by atoms with Crippen LogP contribution < -0.4 is 0 Å². The van der Waals surface area contributed by atoms with Crippen molar-refractivity contribution in [3.05, 3.63) is 35.9 Å². The Balaban J connectivity index is 1.63. The third kappa shape index (κ3) is 3.94. The summed E-state index contributed by atoms with van der Waals surface area (Å²) in [6, 6.07) is 10.0. The van der Waals surface area contributed by atoms with Crippen LogP contribution in [-0.4, -0.2) is 84.0 Å². The summed E-state index contributed by atoms with van der Waals surface area (Å²) < 4.78 is 0. The number of amides is 1. The van der Waals surface area contributed by atoms with E-state index < -0.39 is 5.97 Å². The summed E-state index contributed by atoms with van der Waals surface area (Å²) >= 11 is 0. The molecule has 0 unspecified atom stereocenters. The van der Waals surface area contributed by atoms with Gasteiger partial charge < -0.3 is 14.9 Å². The first-order valence-corrected chi connectivity index (χ1v) is 8.50. The molecule has 0 spiro atoms. The number of carbonyl (C=O) groups is 2. The highest BCUT2D eigenvalue weighted by Crippen LogP contribution is 2.19. The Hall–Kier alpha value is -1.92. The number of fused-ring (bicyclic) bond motifs is 1. The van der Waals surface area contributed by atoms with E-state index in [9.17, 15) is 14.7 Å². The van der Waals surface area contributed by atoms with Crippen LogP contribution in [0.15, 0.2) is 30.3 Å². The molecule has 0 aromatic heterocycles. The normalized spacial score (nSPS) is 25.8. The van der Waals surface area contributed by atoms with Gasteiger partial charge in [0, 0.05) is 45.3 Å². The predicted octanol–water partition coefficient (Wildman–Crippen LogP) is 0.388. The third-order valence-corrected chi connectivity index (χ3v) is 5.01. The standard InChI is InChI=1S/C18H25N3O3/c1-19-10-15(18(23)24)11-20-7-8-21(13-16(20)12-19)17(22)9-14-5-3-2-4-6-14/h2-6,15-16H,7-13H2,1H3,(H,23,24)/t15-,16+/m0/s1. The van der Waals surface area contributed by atoms with Crippen molar-refractivity contribution >= 4 is 11.9 Å². The first kappa shape index (κ1) is 16.9. The van der Waals surface area contributed by atoms with E-state index >= 15 is 0 Å². The molecular formula is C18H25N3O3. The van der Waals surface area contributed by atoms with Crippen LogP contribution in [0.2, 0.25) is 0 Å². The van der Waals surface area contributed by atoms with Gasteiger partial charge in [-0.05, 0) is 12.6 Å². The molecule has 2 fully saturated rings. The van der Waals surface area contributed by atoms with Crippen LogP contribution in [-0.2, 0) is 16.0 Å². The maximum atomic E-state index is 12.6. The Bertz CT molecular complexity index is 592. The second-order valence-corrected chi connectivity index (χ2v) is 6.91. The summed E-state index contributed by atoms with van der Waals surface area (Å²) in [6.07, 6.45) is 0.432. The molecule has 130 valence electrons. The van der Waals surface area contributed by atoms with Gasteiger partial charge in [0.15, 0.2) is 0 Å². The largest absolute Gasteiger partial charge is 0.481 e. The lowest BCUT2D eigenvalue weighted by atomic mass is 10.1. The molecule has 2 aliphatic heterocycles. The number of nitrogens with zero attached hydrogens (tertiary/aromatic N) is 3. The number of piperazine rings is 1. The Morgan fingerprint density at radius 3 is 2.54 bits per heavy atom. The van der Waals surface area contributed by atoms with Crippen molar-refractivity contribution in [3.63, 3.8) is 0 Å². The number of carboxylic acid groups (broad SMARTS) is 1. The maximum absolute atomic E-state index is 12.6. The number of hydrogen-bond acceptors (Lipinski definition) is 4. The van der Waals surface area contributed by atoms with Gasteiger partial charge in [-0.2, -0.15) is 0 Å². The van der Waals surface area contributed by atoms with E-state index in [1.165, 1.54) is 0 Å². The van der Waals surface area contributed by atoms with E-state index in [0.717, 1.165) is 18.7 Å². The number of hydrogen-bond donors (Lipinski definition) is 1. The quantitative estimate of drug-likeness (QED) is 0.868. The maximum Gasteiger partial charge on any atom is 0.309 e. The average molecular weight is 331 g/mol. The molecule has 0 saturated carbocycles. The second kappa shape index (κ2) is 7.32. The van der Waals surface area contributed by atoms with E-state index in [1.807, 2.05) is 42.3 Å². The van der Waals surface area contributed by atoms with Crippen LogP contribution in [0, 0.1) is 5.92 Å². The number of likely N-dealkylation sites (N-methyl/N-ethyl adjacent to an activating group) is 1. The summed E-state index contributed by atoms with van der Waals surface area (Å²) in [5, 5.41) is 9.36. The van der Waals surface area contributed by atoms with E-state index in [0.29, 0.717) is 32.6 Å². The van der Waals surface area contributed by atoms with Crippen molar-refractivity contribution in [2.45, 2.75) is 12.5 Å². The number of carbonyl (C=O) groups excluding carboxylic acids is 1. The molecule has 24 heavy (non-hydrogen) atoms. The van der Waals surface area contributed by atoms with E-state index in [4.69, 9.17) is 0 Å². The molecule has 2 saturated heterocycles. The molecule has 1 amide bonds. The molecule has 2 heterocycles. The fraction of sp³-hybridized carbons (Fsp3) is 0.556. The third-order valence-electron chi connectivity index (χ3n) is 5.01. The van der Waals surface area contributed by atoms with Crippen molar-refractivity contribution in [3.8, 4) is 0 Å². The van der Waals surface area contributed by atoms with Gasteiger partial charge in [-0.25, -0.2) is 0 Å². The minimum absolute atomic E-state index is 0.155. The zero-order valence-electron chi connectivity index (χ0n) is 14.1. The van der Waals surface area contributed by atoms with Crippen LogP contribution in [0.25, 0.3) is 0 Å². The topological polar surface area (TPSA) is 64.1 Å². The predicted molar refractivity (Wildman–Crippen MR) is 90.7 cm³/mol. The van der Waals surface area contributed by atoms with Gasteiger partial charge in [0.25, 0.3) is 0 Å². The summed E-state index contributed by atoms with van der Waals surface area (Å²) in [7, 11) is 1.96. The molecule has 6 nitrogen and oxygen atoms in total. The lowest BCUT2D eigenvalue weighted by Gasteiger charge is -2.41. The molecule has 2 aliphatic rings. The minimum Gasteiger partial charge on any atom is -0.481 e. The lowest BCUT2D eigenvalue weighted by Crippen LogP contribution is -2.57. The van der Waals surface area contributed by atoms with Crippen LogP contribution in [0.1, 0.15) is 5.56 Å². The fourth-order valence-corrected chi connectivity index (χ4v) is 3.72. The van der Waals surface area contributed by atoms with Crippen molar-refractivity contribution in [1.29, 1.82) is 0 Å². The zero-order chi connectivity index (χ0) is 17.1. The van der Waals surface area contributed by atoms with Gasteiger partial charge in [0.1, 0.15) is 0 Å². The highest BCUT2D eigenvalue weighted by molar-refractivity contribution is 5.79.